The van der Waals surface area contributed by atoms with Crippen molar-refractivity contribution in [1.29, 1.82) is 0 Å². The number of nitrogens with zero attached hydrogens (tertiary/aromatic N) is 1. The number of unbranched alkanes of at least 4 members (excludes halogenated alkanes) is 3. The molecule has 0 heterocycles. The van der Waals surface area contributed by atoms with Gasteiger partial charge in [0.25, 0.3) is 0 Å². The molecule has 132 valence electrons. The van der Waals surface area contributed by atoms with Gasteiger partial charge in [-0.15, -0.1) is 0 Å². The Morgan fingerprint density at radius 3 is 2.54 bits per heavy atom. The normalized spacial score (nSPS) is 10.6. The summed E-state index contributed by atoms with van der Waals surface area (Å²) in [5.41, 5.74) is 3.33. The van der Waals surface area contributed by atoms with E-state index in [-0.39, 0.29) is 11.9 Å². The van der Waals surface area contributed by atoms with Crippen molar-refractivity contribution < 1.29 is 19.1 Å². The minimum absolute atomic E-state index is 0.127. The highest BCUT2D eigenvalue weighted by atomic mass is 79.9. The Morgan fingerprint density at radius 2 is 1.88 bits per heavy atom. The number of halogens is 1. The molecule has 24 heavy (non-hydrogen) atoms. The van der Waals surface area contributed by atoms with Crippen LogP contribution in [0.1, 0.15) is 44.1 Å². The molecule has 1 rings (SSSR count). The second-order valence-corrected chi connectivity index (χ2v) is 6.03. The molecule has 0 aliphatic rings. The van der Waals surface area contributed by atoms with Crippen LogP contribution in [0.4, 0.5) is 0 Å². The first-order valence-electron chi connectivity index (χ1n) is 7.79. The highest BCUT2D eigenvalue weighted by Gasteiger charge is 2.03. The van der Waals surface area contributed by atoms with Crippen LogP contribution in [0.2, 0.25) is 0 Å². The molecule has 1 N–H and O–H groups in total. The first-order chi connectivity index (χ1) is 11.6. The fourth-order valence-electron chi connectivity index (χ4n) is 1.99. The third-order valence-corrected chi connectivity index (χ3v) is 4.08. The van der Waals surface area contributed by atoms with Gasteiger partial charge in [0.15, 0.2) is 0 Å². The van der Waals surface area contributed by atoms with Gasteiger partial charge in [-0.3, -0.25) is 9.59 Å². The highest BCUT2D eigenvalue weighted by molar-refractivity contribution is 9.10. The number of hydrogen-bond donors (Lipinski definition) is 1. The Morgan fingerprint density at radius 1 is 1.17 bits per heavy atom. The summed E-state index contributed by atoms with van der Waals surface area (Å²) in [7, 11) is 2.98. The van der Waals surface area contributed by atoms with Crippen molar-refractivity contribution in [2.75, 3.05) is 14.2 Å². The molecule has 0 atom stereocenters. The summed E-state index contributed by atoms with van der Waals surface area (Å²) in [5.74, 6) is 0.405. The van der Waals surface area contributed by atoms with Crippen molar-refractivity contribution in [3.05, 3.63) is 28.2 Å². The van der Waals surface area contributed by atoms with E-state index in [0.29, 0.717) is 12.8 Å². The van der Waals surface area contributed by atoms with Crippen molar-refractivity contribution in [3.63, 3.8) is 0 Å². The minimum atomic E-state index is -0.189. The third kappa shape index (κ3) is 8.10. The van der Waals surface area contributed by atoms with Crippen LogP contribution in [0.3, 0.4) is 0 Å². The summed E-state index contributed by atoms with van der Waals surface area (Å²) in [6.45, 7) is 0. The van der Waals surface area contributed by atoms with Gasteiger partial charge in [0, 0.05) is 22.9 Å². The number of ether oxygens (including phenoxy) is 2. The Kier molecular flexibility index (Phi) is 9.76. The van der Waals surface area contributed by atoms with Gasteiger partial charge in [-0.05, 0) is 31.0 Å². The molecule has 0 spiro atoms. The second kappa shape index (κ2) is 11.6. The molecule has 0 saturated carbocycles. The van der Waals surface area contributed by atoms with Gasteiger partial charge in [0.2, 0.25) is 5.91 Å². The van der Waals surface area contributed by atoms with Crippen LogP contribution in [0.25, 0.3) is 0 Å². The summed E-state index contributed by atoms with van der Waals surface area (Å²) >= 11 is 3.42. The molecule has 0 aliphatic carbocycles. The lowest BCUT2D eigenvalue weighted by Gasteiger charge is -2.03. The Labute approximate surface area is 150 Å². The molecule has 1 amide bonds. The number of esters is 1. The summed E-state index contributed by atoms with van der Waals surface area (Å²) in [6, 6.07) is 5.51. The highest BCUT2D eigenvalue weighted by Crippen LogP contribution is 2.20. The van der Waals surface area contributed by atoms with E-state index in [2.05, 4.69) is 31.2 Å². The Bertz CT molecular complexity index is 576. The molecule has 7 heteroatoms. The van der Waals surface area contributed by atoms with Gasteiger partial charge >= 0.3 is 5.97 Å². The third-order valence-electron chi connectivity index (χ3n) is 3.36. The van der Waals surface area contributed by atoms with E-state index in [1.807, 2.05) is 18.2 Å². The number of carbonyl (C=O) groups excluding carboxylic acids is 2. The number of carbonyl (C=O) groups is 2. The molecular formula is C17H23BrN2O4. The Balaban J connectivity index is 2.23. The molecule has 1 aromatic rings. The summed E-state index contributed by atoms with van der Waals surface area (Å²) in [4.78, 5) is 22.6. The van der Waals surface area contributed by atoms with Crippen molar-refractivity contribution in [3.8, 4) is 5.75 Å². The van der Waals surface area contributed by atoms with E-state index in [1.165, 1.54) is 7.11 Å². The first kappa shape index (κ1) is 20.2. The predicted octanol–water partition coefficient (Wildman–Crippen LogP) is 3.42. The molecule has 0 radical (unpaired) electrons. The smallest absolute Gasteiger partial charge is 0.305 e. The van der Waals surface area contributed by atoms with Gasteiger partial charge in [0.1, 0.15) is 5.75 Å². The van der Waals surface area contributed by atoms with Crippen molar-refractivity contribution in [1.82, 2.24) is 5.43 Å². The van der Waals surface area contributed by atoms with E-state index >= 15 is 0 Å². The predicted molar refractivity (Wildman–Crippen MR) is 96.1 cm³/mol. The van der Waals surface area contributed by atoms with Crippen molar-refractivity contribution >= 4 is 34.0 Å². The summed E-state index contributed by atoms with van der Waals surface area (Å²) in [5, 5.41) is 3.96. The molecule has 6 nitrogen and oxygen atoms in total. The molecular weight excluding hydrogens is 376 g/mol. The fourth-order valence-corrected chi connectivity index (χ4v) is 2.34. The minimum Gasteiger partial charge on any atom is -0.497 e. The van der Waals surface area contributed by atoms with Crippen LogP contribution in [-0.2, 0) is 14.3 Å². The number of amides is 1. The lowest BCUT2D eigenvalue weighted by atomic mass is 10.1. The summed E-state index contributed by atoms with van der Waals surface area (Å²) < 4.78 is 10.6. The molecule has 0 fully saturated rings. The van der Waals surface area contributed by atoms with Crippen LogP contribution >= 0.6 is 15.9 Å². The van der Waals surface area contributed by atoms with Crippen LogP contribution in [0, 0.1) is 0 Å². The Hall–Kier alpha value is -1.89. The maximum absolute atomic E-state index is 11.7. The zero-order valence-electron chi connectivity index (χ0n) is 14.0. The zero-order chi connectivity index (χ0) is 17.8. The van der Waals surface area contributed by atoms with Crippen LogP contribution in [0.15, 0.2) is 27.8 Å². The molecule has 0 bridgehead atoms. The molecule has 0 saturated heterocycles. The molecule has 0 aromatic heterocycles. The second-order valence-electron chi connectivity index (χ2n) is 5.17. The zero-order valence-corrected chi connectivity index (χ0v) is 15.6. The quantitative estimate of drug-likeness (QED) is 0.283. The standard InChI is InChI=1S/C17H23BrN2O4/c1-23-14-9-10-15(18)13(11-14)12-19-20-16(21)7-5-3-4-6-8-17(22)24-2/h9-12H,3-8H2,1-2H3,(H,20,21)/b19-12+. The summed E-state index contributed by atoms with van der Waals surface area (Å²) in [6.07, 6.45) is 5.78. The van der Waals surface area contributed by atoms with E-state index in [4.69, 9.17) is 4.74 Å². The fraction of sp³-hybridized carbons (Fsp3) is 0.471. The van der Waals surface area contributed by atoms with Gasteiger partial charge in [-0.2, -0.15) is 5.10 Å². The van der Waals surface area contributed by atoms with Gasteiger partial charge < -0.3 is 9.47 Å². The van der Waals surface area contributed by atoms with E-state index in [9.17, 15) is 9.59 Å². The van der Waals surface area contributed by atoms with Crippen LogP contribution in [-0.4, -0.2) is 32.3 Å². The maximum Gasteiger partial charge on any atom is 0.305 e. The number of hydrazone groups is 1. The van der Waals surface area contributed by atoms with Gasteiger partial charge in [-0.1, -0.05) is 28.8 Å². The first-order valence-corrected chi connectivity index (χ1v) is 8.58. The van der Waals surface area contributed by atoms with Crippen molar-refractivity contribution in [2.45, 2.75) is 38.5 Å². The average Bonchev–Trinajstić information content (AvgIpc) is 2.59. The topological polar surface area (TPSA) is 77.0 Å². The number of nitrogens with one attached hydrogen (secondary N) is 1. The number of hydrogen-bond acceptors (Lipinski definition) is 5. The number of rotatable bonds is 10. The van der Waals surface area contributed by atoms with Gasteiger partial charge in [0.05, 0.1) is 20.4 Å². The molecule has 1 aromatic carbocycles. The molecule has 0 unspecified atom stereocenters. The average molecular weight is 399 g/mol. The van der Waals surface area contributed by atoms with Crippen LogP contribution < -0.4 is 10.2 Å². The van der Waals surface area contributed by atoms with Crippen molar-refractivity contribution in [2.24, 2.45) is 5.10 Å². The van der Waals surface area contributed by atoms with E-state index in [1.54, 1.807) is 13.3 Å². The maximum atomic E-state index is 11.7. The van der Waals surface area contributed by atoms with E-state index in [0.717, 1.165) is 41.5 Å². The molecule has 0 aliphatic heterocycles. The largest absolute Gasteiger partial charge is 0.497 e. The lowest BCUT2D eigenvalue weighted by molar-refractivity contribution is -0.140. The van der Waals surface area contributed by atoms with Crippen LogP contribution in [0.5, 0.6) is 5.75 Å². The lowest BCUT2D eigenvalue weighted by Crippen LogP contribution is -2.16. The monoisotopic (exact) mass is 398 g/mol. The number of methoxy groups -OCH3 is 2. The SMILES string of the molecule is COC(=O)CCCCCCC(=O)N/N=C/c1cc(OC)ccc1Br. The number of benzene rings is 1. The van der Waals surface area contributed by atoms with E-state index < -0.39 is 0 Å². The van der Waals surface area contributed by atoms with Gasteiger partial charge in [-0.25, -0.2) is 5.43 Å².